The third-order valence-corrected chi connectivity index (χ3v) is 2.77. The van der Waals surface area contributed by atoms with Crippen molar-refractivity contribution in [2.24, 2.45) is 0 Å². The van der Waals surface area contributed by atoms with Gasteiger partial charge in [0.05, 0.1) is 0 Å². The van der Waals surface area contributed by atoms with E-state index in [-0.39, 0.29) is 0 Å². The summed E-state index contributed by atoms with van der Waals surface area (Å²) in [6, 6.07) is 4.20. The summed E-state index contributed by atoms with van der Waals surface area (Å²) in [4.78, 5) is 4.21. The molecule has 0 aliphatic carbocycles. The minimum atomic E-state index is 0.459. The van der Waals surface area contributed by atoms with Gasteiger partial charge in [0.1, 0.15) is 5.69 Å². The highest BCUT2D eigenvalue weighted by atomic mass is 79.9. The molecule has 0 aromatic carbocycles. The molecule has 0 unspecified atom stereocenters. The van der Waals surface area contributed by atoms with Crippen LogP contribution >= 0.6 is 15.9 Å². The molecule has 0 atom stereocenters. The van der Waals surface area contributed by atoms with Gasteiger partial charge in [0.15, 0.2) is 0 Å². The second kappa shape index (κ2) is 6.06. The van der Waals surface area contributed by atoms with Gasteiger partial charge in [-0.05, 0) is 28.1 Å². The summed E-state index contributed by atoms with van der Waals surface area (Å²) in [5.74, 6) is 1.09. The van der Waals surface area contributed by atoms with E-state index in [1.54, 1.807) is 6.20 Å². The second-order valence-electron chi connectivity index (χ2n) is 4.22. The SMILES string of the molecule is CC(C)NCCc1nnc(-c2ccc(Br)cn2)o1. The van der Waals surface area contributed by atoms with Crippen molar-refractivity contribution >= 4 is 15.9 Å². The number of rotatable bonds is 5. The quantitative estimate of drug-likeness (QED) is 0.919. The number of nitrogens with zero attached hydrogens (tertiary/aromatic N) is 3. The first-order chi connectivity index (χ1) is 8.65. The summed E-state index contributed by atoms with van der Waals surface area (Å²) in [6.45, 7) is 5.03. The molecule has 0 aliphatic heterocycles. The third kappa shape index (κ3) is 3.61. The topological polar surface area (TPSA) is 63.8 Å². The molecular weight excluding hydrogens is 296 g/mol. The fourth-order valence-electron chi connectivity index (χ4n) is 1.43. The average molecular weight is 311 g/mol. The number of hydrogen-bond acceptors (Lipinski definition) is 5. The summed E-state index contributed by atoms with van der Waals surface area (Å²) >= 11 is 3.33. The monoisotopic (exact) mass is 310 g/mol. The Labute approximate surface area is 114 Å². The maximum atomic E-state index is 5.55. The fourth-order valence-corrected chi connectivity index (χ4v) is 1.66. The van der Waals surface area contributed by atoms with Crippen LogP contribution in [0.25, 0.3) is 11.6 Å². The number of pyridine rings is 1. The number of aromatic nitrogens is 3. The number of halogens is 1. The minimum absolute atomic E-state index is 0.459. The van der Waals surface area contributed by atoms with Gasteiger partial charge >= 0.3 is 0 Å². The molecule has 0 spiro atoms. The Morgan fingerprint density at radius 3 is 2.83 bits per heavy atom. The second-order valence-corrected chi connectivity index (χ2v) is 5.14. The summed E-state index contributed by atoms with van der Waals surface area (Å²) in [6.07, 6.45) is 2.43. The molecule has 96 valence electrons. The molecule has 0 fully saturated rings. The van der Waals surface area contributed by atoms with Gasteiger partial charge in [0.25, 0.3) is 5.89 Å². The van der Waals surface area contributed by atoms with Gasteiger partial charge in [0, 0.05) is 29.7 Å². The van der Waals surface area contributed by atoms with E-state index < -0.39 is 0 Å². The van der Waals surface area contributed by atoms with Gasteiger partial charge in [-0.15, -0.1) is 10.2 Å². The summed E-state index contributed by atoms with van der Waals surface area (Å²) in [5.41, 5.74) is 0.689. The van der Waals surface area contributed by atoms with Gasteiger partial charge in [-0.3, -0.25) is 0 Å². The summed E-state index contributed by atoms with van der Waals surface area (Å²) in [7, 11) is 0. The molecule has 2 aromatic rings. The lowest BCUT2D eigenvalue weighted by molar-refractivity contribution is 0.483. The van der Waals surface area contributed by atoms with Gasteiger partial charge < -0.3 is 9.73 Å². The van der Waals surface area contributed by atoms with Crippen LogP contribution in [0.15, 0.2) is 27.2 Å². The molecule has 2 heterocycles. The third-order valence-electron chi connectivity index (χ3n) is 2.30. The van der Waals surface area contributed by atoms with Crippen molar-refractivity contribution < 1.29 is 4.42 Å². The largest absolute Gasteiger partial charge is 0.419 e. The Kier molecular flexibility index (Phi) is 4.43. The molecule has 18 heavy (non-hydrogen) atoms. The molecule has 6 heteroatoms. The molecule has 2 rings (SSSR count). The van der Waals surface area contributed by atoms with Crippen molar-refractivity contribution in [1.82, 2.24) is 20.5 Å². The first kappa shape index (κ1) is 13.2. The number of hydrogen-bond donors (Lipinski definition) is 1. The van der Waals surface area contributed by atoms with Gasteiger partial charge in [-0.2, -0.15) is 0 Å². The Morgan fingerprint density at radius 1 is 1.33 bits per heavy atom. The Hall–Kier alpha value is -1.27. The standard InChI is InChI=1S/C12H15BrN4O/c1-8(2)14-6-5-11-16-17-12(18-11)10-4-3-9(13)7-15-10/h3-4,7-8,14H,5-6H2,1-2H3. The first-order valence-electron chi connectivity index (χ1n) is 5.83. The summed E-state index contributed by atoms with van der Waals surface area (Å²) in [5, 5.41) is 11.3. The lowest BCUT2D eigenvalue weighted by Crippen LogP contribution is -2.25. The predicted octanol–water partition coefficient (Wildman–Crippen LogP) is 2.43. The van der Waals surface area contributed by atoms with Crippen molar-refractivity contribution in [1.29, 1.82) is 0 Å². The van der Waals surface area contributed by atoms with E-state index in [1.807, 2.05) is 12.1 Å². The summed E-state index contributed by atoms with van der Waals surface area (Å²) < 4.78 is 6.47. The Balaban J connectivity index is 1.99. The van der Waals surface area contributed by atoms with E-state index >= 15 is 0 Å². The van der Waals surface area contributed by atoms with Crippen molar-refractivity contribution in [2.75, 3.05) is 6.54 Å². The average Bonchev–Trinajstić information content (AvgIpc) is 2.78. The van der Waals surface area contributed by atoms with Gasteiger partial charge in [-0.25, -0.2) is 4.98 Å². The van der Waals surface area contributed by atoms with E-state index in [9.17, 15) is 0 Å². The van der Waals surface area contributed by atoms with E-state index in [0.717, 1.165) is 17.4 Å². The number of nitrogens with one attached hydrogen (secondary N) is 1. The van der Waals surface area contributed by atoms with Crippen LogP contribution in [0.3, 0.4) is 0 Å². The molecule has 1 N–H and O–H groups in total. The van der Waals surface area contributed by atoms with E-state index in [2.05, 4.69) is 50.3 Å². The molecule has 0 amide bonds. The predicted molar refractivity (Wildman–Crippen MR) is 72.1 cm³/mol. The maximum absolute atomic E-state index is 5.55. The zero-order chi connectivity index (χ0) is 13.0. The Bertz CT molecular complexity index is 495. The van der Waals surface area contributed by atoms with E-state index in [1.165, 1.54) is 0 Å². The fraction of sp³-hybridized carbons (Fsp3) is 0.417. The van der Waals surface area contributed by atoms with Gasteiger partial charge in [-0.1, -0.05) is 13.8 Å². The molecule has 0 aliphatic rings. The highest BCUT2D eigenvalue weighted by Crippen LogP contribution is 2.17. The van der Waals surface area contributed by atoms with Crippen LogP contribution in [0.5, 0.6) is 0 Å². The van der Waals surface area contributed by atoms with Crippen LogP contribution in [0, 0.1) is 0 Å². The minimum Gasteiger partial charge on any atom is -0.419 e. The van der Waals surface area contributed by atoms with Crippen LogP contribution < -0.4 is 5.32 Å². The molecular formula is C12H15BrN4O. The zero-order valence-corrected chi connectivity index (χ0v) is 11.9. The molecule has 0 saturated carbocycles. The maximum Gasteiger partial charge on any atom is 0.266 e. The molecule has 5 nitrogen and oxygen atoms in total. The van der Waals surface area contributed by atoms with Crippen molar-refractivity contribution in [3.05, 3.63) is 28.7 Å². The van der Waals surface area contributed by atoms with Crippen LogP contribution in [-0.4, -0.2) is 27.8 Å². The van der Waals surface area contributed by atoms with Crippen LogP contribution in [0.4, 0.5) is 0 Å². The Morgan fingerprint density at radius 2 is 2.17 bits per heavy atom. The van der Waals surface area contributed by atoms with Crippen LogP contribution in [-0.2, 0) is 6.42 Å². The van der Waals surface area contributed by atoms with Crippen LogP contribution in [0.1, 0.15) is 19.7 Å². The van der Waals surface area contributed by atoms with Crippen molar-refractivity contribution in [3.8, 4) is 11.6 Å². The molecule has 0 radical (unpaired) electrons. The van der Waals surface area contributed by atoms with Crippen molar-refractivity contribution in [3.63, 3.8) is 0 Å². The smallest absolute Gasteiger partial charge is 0.266 e. The zero-order valence-electron chi connectivity index (χ0n) is 10.4. The first-order valence-corrected chi connectivity index (χ1v) is 6.62. The van der Waals surface area contributed by atoms with E-state index in [4.69, 9.17) is 4.42 Å². The highest BCUT2D eigenvalue weighted by Gasteiger charge is 2.09. The van der Waals surface area contributed by atoms with Crippen LogP contribution in [0.2, 0.25) is 0 Å². The molecule has 2 aromatic heterocycles. The molecule has 0 saturated heterocycles. The lowest BCUT2D eigenvalue weighted by atomic mass is 10.3. The van der Waals surface area contributed by atoms with E-state index in [0.29, 0.717) is 23.5 Å². The van der Waals surface area contributed by atoms with Gasteiger partial charge in [0.2, 0.25) is 5.89 Å². The van der Waals surface area contributed by atoms with Crippen molar-refractivity contribution in [2.45, 2.75) is 26.3 Å². The molecule has 0 bridgehead atoms. The lowest BCUT2D eigenvalue weighted by Gasteiger charge is -2.04. The highest BCUT2D eigenvalue weighted by molar-refractivity contribution is 9.10. The normalized spacial score (nSPS) is 11.1.